The molecular weight excluding hydrogens is 323 g/mol. The maximum atomic E-state index is 13.3. The van der Waals surface area contributed by atoms with Crippen LogP contribution in [-0.2, 0) is 9.59 Å². The van der Waals surface area contributed by atoms with Gasteiger partial charge in [-0.1, -0.05) is 11.6 Å². The lowest BCUT2D eigenvalue weighted by Gasteiger charge is -2.25. The van der Waals surface area contributed by atoms with Gasteiger partial charge in [-0.25, -0.2) is 4.39 Å². The second-order valence-corrected chi connectivity index (χ2v) is 6.89. The highest BCUT2D eigenvalue weighted by Crippen LogP contribution is 2.35. The zero-order valence-corrected chi connectivity index (χ0v) is 13.5. The summed E-state index contributed by atoms with van der Waals surface area (Å²) in [5.41, 5.74) is -0.225. The van der Waals surface area contributed by atoms with Gasteiger partial charge in [0.15, 0.2) is 0 Å². The Balaban J connectivity index is 1.75. The molecule has 2 heterocycles. The molecule has 5 nitrogen and oxygen atoms in total. The van der Waals surface area contributed by atoms with E-state index in [0.29, 0.717) is 38.2 Å². The molecule has 23 heavy (non-hydrogen) atoms. The average Bonchev–Trinajstić information content (AvgIpc) is 3.06. The van der Waals surface area contributed by atoms with Crippen molar-refractivity contribution in [2.24, 2.45) is 5.41 Å². The van der Waals surface area contributed by atoms with Gasteiger partial charge in [0.05, 0.1) is 16.5 Å². The minimum Gasteiger partial charge on any atom is -0.481 e. The van der Waals surface area contributed by atoms with Crippen LogP contribution in [0.3, 0.4) is 0 Å². The summed E-state index contributed by atoms with van der Waals surface area (Å²) >= 11 is 5.79. The van der Waals surface area contributed by atoms with E-state index in [1.165, 1.54) is 18.2 Å². The molecule has 2 aliphatic heterocycles. The van der Waals surface area contributed by atoms with Gasteiger partial charge in [0.2, 0.25) is 5.91 Å². The van der Waals surface area contributed by atoms with Crippen molar-refractivity contribution < 1.29 is 19.1 Å². The number of nitrogens with zero attached hydrogens (tertiary/aromatic N) is 2. The van der Waals surface area contributed by atoms with Crippen LogP contribution in [0.5, 0.6) is 0 Å². The molecule has 0 bridgehead atoms. The Bertz CT molecular complexity index is 669. The van der Waals surface area contributed by atoms with Gasteiger partial charge in [-0.2, -0.15) is 0 Å². The molecule has 2 fully saturated rings. The Kier molecular flexibility index (Phi) is 4.06. The standard InChI is InChI=1S/C16H18ClFN2O3/c1-16(15(22)23)5-7-19(9-16)13-4-6-20(14(13)21)10-2-3-12(18)11(17)8-10/h2-3,8,13H,4-7,9H2,1H3,(H,22,23). The van der Waals surface area contributed by atoms with Crippen molar-refractivity contribution in [1.29, 1.82) is 0 Å². The number of hydrogen-bond acceptors (Lipinski definition) is 3. The minimum atomic E-state index is -0.826. The molecule has 1 aromatic carbocycles. The lowest BCUT2D eigenvalue weighted by Crippen LogP contribution is -2.42. The Labute approximate surface area is 138 Å². The summed E-state index contributed by atoms with van der Waals surface area (Å²) in [5, 5.41) is 9.30. The van der Waals surface area contributed by atoms with E-state index < -0.39 is 17.2 Å². The second kappa shape index (κ2) is 5.76. The van der Waals surface area contributed by atoms with Crippen molar-refractivity contribution in [3.8, 4) is 0 Å². The van der Waals surface area contributed by atoms with E-state index in [9.17, 15) is 19.1 Å². The number of hydrogen-bond donors (Lipinski definition) is 1. The van der Waals surface area contributed by atoms with Crippen molar-refractivity contribution in [3.05, 3.63) is 29.0 Å². The van der Waals surface area contributed by atoms with Crippen LogP contribution in [0.2, 0.25) is 5.02 Å². The highest BCUT2D eigenvalue weighted by Gasteiger charge is 2.46. The number of carboxylic acids is 1. The number of aliphatic carboxylic acids is 1. The number of carboxylic acid groups (broad SMARTS) is 1. The van der Waals surface area contributed by atoms with E-state index in [4.69, 9.17) is 11.6 Å². The molecular formula is C16H18ClFN2O3. The van der Waals surface area contributed by atoms with Crippen molar-refractivity contribution in [2.45, 2.75) is 25.8 Å². The third-order valence-corrected chi connectivity index (χ3v) is 5.14. The minimum absolute atomic E-state index is 0.0154. The highest BCUT2D eigenvalue weighted by atomic mass is 35.5. The van der Waals surface area contributed by atoms with E-state index in [1.54, 1.807) is 11.8 Å². The topological polar surface area (TPSA) is 60.9 Å². The van der Waals surface area contributed by atoms with E-state index >= 15 is 0 Å². The van der Waals surface area contributed by atoms with Crippen molar-refractivity contribution >= 4 is 29.2 Å². The normalized spacial score (nSPS) is 28.6. The number of likely N-dealkylation sites (tertiary alicyclic amines) is 1. The lowest BCUT2D eigenvalue weighted by atomic mass is 9.90. The van der Waals surface area contributed by atoms with Crippen LogP contribution in [0.25, 0.3) is 0 Å². The zero-order valence-electron chi connectivity index (χ0n) is 12.8. The first-order valence-corrected chi connectivity index (χ1v) is 7.93. The van der Waals surface area contributed by atoms with Gasteiger partial charge >= 0.3 is 5.97 Å². The van der Waals surface area contributed by atoms with Gasteiger partial charge in [0.25, 0.3) is 0 Å². The van der Waals surface area contributed by atoms with Crippen molar-refractivity contribution in [3.63, 3.8) is 0 Å². The Morgan fingerprint density at radius 2 is 2.17 bits per heavy atom. The molecule has 7 heteroatoms. The third kappa shape index (κ3) is 2.81. The summed E-state index contributed by atoms with van der Waals surface area (Å²) in [5.74, 6) is -1.43. The largest absolute Gasteiger partial charge is 0.481 e. The summed E-state index contributed by atoms with van der Waals surface area (Å²) in [7, 11) is 0. The fraction of sp³-hybridized carbons (Fsp3) is 0.500. The predicted molar refractivity (Wildman–Crippen MR) is 84.1 cm³/mol. The molecule has 0 aliphatic carbocycles. The molecule has 0 aromatic heterocycles. The summed E-state index contributed by atoms with van der Waals surface area (Å²) in [6, 6.07) is 3.91. The first kappa shape index (κ1) is 16.2. The van der Waals surface area contributed by atoms with Crippen LogP contribution in [0.15, 0.2) is 18.2 Å². The summed E-state index contributed by atoms with van der Waals surface area (Å²) in [4.78, 5) is 27.6. The Morgan fingerprint density at radius 1 is 1.43 bits per heavy atom. The molecule has 1 amide bonds. The molecule has 0 saturated carbocycles. The summed E-state index contributed by atoms with van der Waals surface area (Å²) < 4.78 is 13.3. The molecule has 2 unspecified atom stereocenters. The highest BCUT2D eigenvalue weighted by molar-refractivity contribution is 6.31. The average molecular weight is 341 g/mol. The van der Waals surface area contributed by atoms with E-state index in [2.05, 4.69) is 0 Å². The van der Waals surface area contributed by atoms with Crippen LogP contribution >= 0.6 is 11.6 Å². The van der Waals surface area contributed by atoms with Crippen LogP contribution < -0.4 is 4.90 Å². The molecule has 0 radical (unpaired) electrons. The fourth-order valence-corrected chi connectivity index (χ4v) is 3.53. The quantitative estimate of drug-likeness (QED) is 0.917. The molecule has 3 rings (SSSR count). The zero-order chi connectivity index (χ0) is 16.8. The number of benzene rings is 1. The predicted octanol–water partition coefficient (Wildman–Crippen LogP) is 2.38. The van der Waals surface area contributed by atoms with Gasteiger partial charge in [0.1, 0.15) is 5.82 Å². The van der Waals surface area contributed by atoms with Gasteiger partial charge in [0, 0.05) is 25.3 Å². The van der Waals surface area contributed by atoms with Crippen LogP contribution in [0, 0.1) is 11.2 Å². The third-order valence-electron chi connectivity index (χ3n) is 4.85. The number of amides is 1. The number of carbonyl (C=O) groups excluding carboxylic acids is 1. The summed E-state index contributed by atoms with van der Waals surface area (Å²) in [6.45, 7) is 3.20. The maximum Gasteiger partial charge on any atom is 0.310 e. The monoisotopic (exact) mass is 340 g/mol. The van der Waals surface area contributed by atoms with E-state index in [1.807, 2.05) is 4.90 Å². The molecule has 1 aromatic rings. The number of anilines is 1. The van der Waals surface area contributed by atoms with E-state index in [0.717, 1.165) is 0 Å². The lowest BCUT2D eigenvalue weighted by molar-refractivity contribution is -0.147. The van der Waals surface area contributed by atoms with Crippen molar-refractivity contribution in [1.82, 2.24) is 4.90 Å². The first-order valence-electron chi connectivity index (χ1n) is 7.56. The SMILES string of the molecule is CC1(C(=O)O)CCN(C2CCN(c3ccc(F)c(Cl)c3)C2=O)C1. The van der Waals surface area contributed by atoms with Gasteiger partial charge < -0.3 is 10.0 Å². The molecule has 0 spiro atoms. The smallest absolute Gasteiger partial charge is 0.310 e. The van der Waals surface area contributed by atoms with Gasteiger partial charge in [-0.15, -0.1) is 0 Å². The fourth-order valence-electron chi connectivity index (χ4n) is 3.35. The Hall–Kier alpha value is -1.66. The number of rotatable bonds is 3. The summed E-state index contributed by atoms with van der Waals surface area (Å²) in [6.07, 6.45) is 1.16. The van der Waals surface area contributed by atoms with Crippen LogP contribution in [-0.4, -0.2) is 47.6 Å². The van der Waals surface area contributed by atoms with E-state index in [-0.39, 0.29) is 17.0 Å². The molecule has 124 valence electrons. The molecule has 2 atom stereocenters. The maximum absolute atomic E-state index is 13.3. The number of carbonyl (C=O) groups is 2. The first-order chi connectivity index (χ1) is 10.8. The number of halogens is 2. The molecule has 1 N–H and O–H groups in total. The van der Waals surface area contributed by atoms with Gasteiger partial charge in [-0.3, -0.25) is 14.5 Å². The van der Waals surface area contributed by atoms with Gasteiger partial charge in [-0.05, 0) is 38.0 Å². The van der Waals surface area contributed by atoms with Crippen molar-refractivity contribution in [2.75, 3.05) is 24.5 Å². The molecule has 2 saturated heterocycles. The van der Waals surface area contributed by atoms with Crippen LogP contribution in [0.1, 0.15) is 19.8 Å². The second-order valence-electron chi connectivity index (χ2n) is 6.48. The Morgan fingerprint density at radius 3 is 2.78 bits per heavy atom. The molecule has 2 aliphatic rings. The van der Waals surface area contributed by atoms with Crippen LogP contribution in [0.4, 0.5) is 10.1 Å².